The van der Waals surface area contributed by atoms with Crippen molar-refractivity contribution in [2.45, 2.75) is 34.8 Å². The predicted molar refractivity (Wildman–Crippen MR) is 108 cm³/mol. The first-order valence-electron chi connectivity index (χ1n) is 9.21. The van der Waals surface area contributed by atoms with Gasteiger partial charge in [0.2, 0.25) is 5.16 Å². The Bertz CT molecular complexity index is 1040. The molecule has 1 aromatic heterocycles. The number of aliphatic hydroxyl groups excluding tert-OH is 1. The molecule has 32 heavy (non-hydrogen) atoms. The summed E-state index contributed by atoms with van der Waals surface area (Å²) in [5.74, 6) is -2.45. The van der Waals surface area contributed by atoms with E-state index in [1.165, 1.54) is 23.5 Å². The molecular formula is C18H17N6NaO5S2. The number of tetrazole rings is 1. The molecule has 3 N–H and O–H groups in total. The van der Waals surface area contributed by atoms with Crippen LogP contribution in [0, 0.1) is 0 Å². The van der Waals surface area contributed by atoms with E-state index in [0.717, 1.165) is 4.90 Å². The van der Waals surface area contributed by atoms with E-state index >= 15 is 0 Å². The maximum atomic E-state index is 12.7. The number of benzene rings is 1. The Morgan fingerprint density at radius 3 is 2.72 bits per heavy atom. The number of H-pyrrole nitrogens is 1. The minimum absolute atomic E-state index is 0. The summed E-state index contributed by atoms with van der Waals surface area (Å²) in [5, 5.41) is 37.5. The molecule has 2 amide bonds. The molecule has 2 unspecified atom stereocenters. The molecule has 0 aliphatic carbocycles. The molecular weight excluding hydrogens is 467 g/mol. The molecule has 11 nitrogen and oxygen atoms in total. The molecule has 4 rings (SSSR count). The predicted octanol–water partition coefficient (Wildman–Crippen LogP) is -4.18. The van der Waals surface area contributed by atoms with E-state index < -0.39 is 35.3 Å². The standard InChI is InChI=1S/C18H18N6O5S2.Na/c1-8(31-18-20-22-23-21-18)10-7-30-16-11(15(27)24(16)12(10)17(28)29)19-14(26)13(25)9-5-3-2-4-6-9;/h2-6,8,11,13,16,25H,7H2,1H3,(H,19,26)(H,28,29)(H,20,21,22,23);/q;+1/p-1/t8?,11?,13-,16-;/m1./s1. The number of rotatable bonds is 7. The van der Waals surface area contributed by atoms with Crippen LogP contribution in [0.2, 0.25) is 0 Å². The molecule has 1 aromatic carbocycles. The van der Waals surface area contributed by atoms with Gasteiger partial charge in [-0.15, -0.1) is 22.0 Å². The van der Waals surface area contributed by atoms with Gasteiger partial charge in [-0.05, 0) is 23.3 Å². The van der Waals surface area contributed by atoms with E-state index in [-0.39, 0.29) is 40.5 Å². The molecule has 1 fully saturated rings. The summed E-state index contributed by atoms with van der Waals surface area (Å²) in [6.07, 6.45) is -1.44. The molecule has 0 saturated carbocycles. The average molecular weight is 484 g/mol. The van der Waals surface area contributed by atoms with E-state index in [2.05, 4.69) is 25.9 Å². The van der Waals surface area contributed by atoms with Gasteiger partial charge in [0.1, 0.15) is 11.4 Å². The van der Waals surface area contributed by atoms with Gasteiger partial charge in [0.05, 0.1) is 11.7 Å². The Morgan fingerprint density at radius 1 is 1.38 bits per heavy atom. The van der Waals surface area contributed by atoms with Crippen molar-refractivity contribution in [2.75, 3.05) is 5.75 Å². The molecule has 0 radical (unpaired) electrons. The number of nitrogens with one attached hydrogen (secondary N) is 2. The van der Waals surface area contributed by atoms with Gasteiger partial charge in [-0.3, -0.25) is 14.5 Å². The number of β-lactam (4-membered cyclic amide) rings is 1. The van der Waals surface area contributed by atoms with Gasteiger partial charge in [-0.25, -0.2) is 0 Å². The minimum Gasteiger partial charge on any atom is -0.543 e. The van der Waals surface area contributed by atoms with Crippen molar-refractivity contribution in [1.29, 1.82) is 0 Å². The summed E-state index contributed by atoms with van der Waals surface area (Å²) in [6, 6.07) is 7.38. The van der Waals surface area contributed by atoms with Crippen molar-refractivity contribution >= 4 is 41.3 Å². The summed E-state index contributed by atoms with van der Waals surface area (Å²) in [4.78, 5) is 38.2. The van der Waals surface area contributed by atoms with Crippen LogP contribution in [0.3, 0.4) is 0 Å². The first kappa shape index (κ1) is 24.7. The van der Waals surface area contributed by atoms with Gasteiger partial charge in [0.15, 0.2) is 6.10 Å². The number of hydrogen-bond acceptors (Lipinski definition) is 10. The Kier molecular flexibility index (Phi) is 8.01. The third kappa shape index (κ3) is 4.72. The first-order valence-corrected chi connectivity index (χ1v) is 11.1. The number of hydrogen-bond donors (Lipinski definition) is 3. The first-order chi connectivity index (χ1) is 14.9. The molecule has 0 spiro atoms. The van der Waals surface area contributed by atoms with Crippen molar-refractivity contribution in [2.24, 2.45) is 0 Å². The molecule has 4 atom stereocenters. The van der Waals surface area contributed by atoms with Gasteiger partial charge in [-0.1, -0.05) is 42.1 Å². The molecule has 3 heterocycles. The number of carboxylic acid groups (broad SMARTS) is 1. The number of aliphatic carboxylic acids is 1. The summed E-state index contributed by atoms with van der Waals surface area (Å²) >= 11 is 2.53. The molecule has 2 aromatic rings. The van der Waals surface area contributed by atoms with Crippen LogP contribution in [0.4, 0.5) is 0 Å². The number of fused-ring (bicyclic) bond motifs is 1. The van der Waals surface area contributed by atoms with E-state index in [9.17, 15) is 24.6 Å². The molecule has 14 heteroatoms. The fourth-order valence-electron chi connectivity index (χ4n) is 3.39. The van der Waals surface area contributed by atoms with Gasteiger partial charge in [-0.2, -0.15) is 5.21 Å². The second-order valence-electron chi connectivity index (χ2n) is 6.83. The van der Waals surface area contributed by atoms with Gasteiger partial charge >= 0.3 is 29.6 Å². The number of nitrogens with zero attached hydrogens (tertiary/aromatic N) is 4. The maximum Gasteiger partial charge on any atom is 1.00 e. The second kappa shape index (κ2) is 10.4. The topological polar surface area (TPSA) is 164 Å². The third-order valence-electron chi connectivity index (χ3n) is 4.95. The molecule has 0 bridgehead atoms. The quantitative estimate of drug-likeness (QED) is 0.199. The largest absolute Gasteiger partial charge is 1.00 e. The number of thioether (sulfide) groups is 2. The van der Waals surface area contributed by atoms with Gasteiger partial charge in [0.25, 0.3) is 11.8 Å². The van der Waals surface area contributed by atoms with Crippen LogP contribution in [-0.4, -0.2) is 70.8 Å². The van der Waals surface area contributed by atoms with E-state index in [0.29, 0.717) is 22.0 Å². The van der Waals surface area contributed by atoms with Crippen molar-refractivity contribution in [3.05, 3.63) is 47.2 Å². The zero-order valence-electron chi connectivity index (χ0n) is 17.1. The summed E-state index contributed by atoms with van der Waals surface area (Å²) in [5.41, 5.74) is 0.690. The number of aromatic amines is 1. The average Bonchev–Trinajstić information content (AvgIpc) is 3.29. The van der Waals surface area contributed by atoms with E-state index in [4.69, 9.17) is 0 Å². The maximum absolute atomic E-state index is 12.7. The van der Waals surface area contributed by atoms with Crippen LogP contribution in [0.25, 0.3) is 0 Å². The summed E-state index contributed by atoms with van der Waals surface area (Å²) in [7, 11) is 0. The fraction of sp³-hybridized carbons (Fsp3) is 0.333. The number of amides is 2. The number of carbonyl (C=O) groups excluding carboxylic acids is 3. The van der Waals surface area contributed by atoms with Crippen molar-refractivity contribution in [3.8, 4) is 0 Å². The Labute approximate surface area is 213 Å². The van der Waals surface area contributed by atoms with Crippen LogP contribution in [0.1, 0.15) is 18.6 Å². The van der Waals surface area contributed by atoms with E-state index in [1.54, 1.807) is 37.3 Å². The smallest absolute Gasteiger partial charge is 0.543 e. The minimum atomic E-state index is -1.47. The molecule has 2 aliphatic rings. The van der Waals surface area contributed by atoms with E-state index in [1.807, 2.05) is 0 Å². The zero-order chi connectivity index (χ0) is 22.1. The number of aliphatic hydroxyl groups is 1. The van der Waals surface area contributed by atoms with Gasteiger partial charge < -0.3 is 20.3 Å². The monoisotopic (exact) mass is 484 g/mol. The summed E-state index contributed by atoms with van der Waals surface area (Å²) < 4.78 is 0. The molecule has 162 valence electrons. The molecule has 2 aliphatic heterocycles. The number of aromatic nitrogens is 4. The molecule has 1 saturated heterocycles. The van der Waals surface area contributed by atoms with Crippen LogP contribution in [0.5, 0.6) is 0 Å². The Balaban J connectivity index is 0.00000289. The fourth-order valence-corrected chi connectivity index (χ4v) is 5.81. The Morgan fingerprint density at radius 2 is 2.09 bits per heavy atom. The van der Waals surface area contributed by atoms with Crippen LogP contribution in [0.15, 0.2) is 46.8 Å². The normalized spacial score (nSPS) is 21.7. The zero-order valence-corrected chi connectivity index (χ0v) is 20.7. The third-order valence-corrected chi connectivity index (χ3v) is 7.28. The summed E-state index contributed by atoms with van der Waals surface area (Å²) in [6.45, 7) is 1.78. The van der Waals surface area contributed by atoms with Crippen LogP contribution < -0.4 is 40.0 Å². The number of carbonyl (C=O) groups is 3. The van der Waals surface area contributed by atoms with Crippen molar-refractivity contribution in [3.63, 3.8) is 0 Å². The number of carboxylic acids is 1. The van der Waals surface area contributed by atoms with Crippen LogP contribution in [-0.2, 0) is 14.4 Å². The van der Waals surface area contributed by atoms with Crippen molar-refractivity contribution < 1.29 is 54.2 Å². The van der Waals surface area contributed by atoms with Gasteiger partial charge in [0, 0.05) is 11.0 Å². The Hall–Kier alpha value is -1.90. The second-order valence-corrected chi connectivity index (χ2v) is 9.24. The SMILES string of the molecule is CC(Sc1nn[nH]n1)C1=C(C(=O)[O-])N2C(=O)C(NC(=O)[C@H](O)c3ccccc3)[C@H]2SC1.[Na+]. The van der Waals surface area contributed by atoms with Crippen LogP contribution >= 0.6 is 23.5 Å². The van der Waals surface area contributed by atoms with Crippen molar-refractivity contribution in [1.82, 2.24) is 30.8 Å².